The van der Waals surface area contributed by atoms with E-state index in [1.165, 1.54) is 7.11 Å². The van der Waals surface area contributed by atoms with Crippen LogP contribution in [0.25, 0.3) is 0 Å². The Morgan fingerprint density at radius 1 is 1.70 bits per heavy atom. The van der Waals surface area contributed by atoms with Gasteiger partial charge in [-0.25, -0.2) is 4.79 Å². The molecule has 0 saturated carbocycles. The van der Waals surface area contributed by atoms with E-state index in [0.717, 1.165) is 5.69 Å². The van der Waals surface area contributed by atoms with Gasteiger partial charge in [-0.15, -0.1) is 0 Å². The third kappa shape index (κ3) is 1.18. The highest BCUT2D eigenvalue weighted by atomic mass is 16.5. The predicted molar refractivity (Wildman–Crippen MR) is 39.0 cm³/mol. The number of carbonyl (C=O) groups is 1. The van der Waals surface area contributed by atoms with Crippen LogP contribution in [-0.4, -0.2) is 18.1 Å². The predicted octanol–water partition coefficient (Wildman–Crippen LogP) is 1.36. The molecule has 3 heteroatoms. The van der Waals surface area contributed by atoms with Gasteiger partial charge in [0.15, 0.2) is 0 Å². The van der Waals surface area contributed by atoms with Crippen molar-refractivity contribution < 1.29 is 11.0 Å². The number of ether oxygens (including phenoxy) is 1. The van der Waals surface area contributed by atoms with Crippen molar-refractivity contribution in [2.75, 3.05) is 7.11 Å². The van der Waals surface area contributed by atoms with Crippen LogP contribution >= 0.6 is 0 Å². The van der Waals surface area contributed by atoms with Crippen LogP contribution in [0.5, 0.6) is 0 Å². The van der Waals surface area contributed by atoms with Crippen LogP contribution in [0, 0.1) is 6.92 Å². The second-order valence-corrected chi connectivity index (χ2v) is 2.05. The highest BCUT2D eigenvalue weighted by Gasteiger charge is 2.04. The first kappa shape index (κ1) is 6.86. The van der Waals surface area contributed by atoms with Gasteiger partial charge in [0.2, 0.25) is 0 Å². The van der Waals surface area contributed by atoms with Gasteiger partial charge in [-0.1, -0.05) is 0 Å². The van der Waals surface area contributed by atoms with Crippen LogP contribution in [0.2, 0.25) is 0 Å². The molecule has 0 aliphatic heterocycles. The quantitative estimate of drug-likeness (QED) is 0.600. The first-order valence-electron chi connectivity index (χ1n) is 2.98. The first-order valence-corrected chi connectivity index (χ1v) is 2.98. The number of rotatable bonds is 1. The van der Waals surface area contributed by atoms with Gasteiger partial charge in [0.1, 0.15) is 5.69 Å². The fraction of sp³-hybridized carbons (Fsp3) is 0.286. The minimum atomic E-state index is -0.326. The van der Waals surface area contributed by atoms with Crippen molar-refractivity contribution >= 4 is 5.97 Å². The zero-order chi connectivity index (χ0) is 7.56. The van der Waals surface area contributed by atoms with Crippen LogP contribution in [-0.2, 0) is 4.74 Å². The third-order valence-corrected chi connectivity index (χ3v) is 1.24. The van der Waals surface area contributed by atoms with E-state index in [1.54, 1.807) is 6.07 Å². The summed E-state index contributed by atoms with van der Waals surface area (Å²) in [6, 6.07) is 3.52. The lowest BCUT2D eigenvalue weighted by molar-refractivity contribution is 0.0594. The van der Waals surface area contributed by atoms with E-state index in [9.17, 15) is 4.79 Å². The van der Waals surface area contributed by atoms with Crippen molar-refractivity contribution in [2.45, 2.75) is 6.92 Å². The molecule has 0 unspecified atom stereocenters. The Kier molecular flexibility index (Phi) is 1.76. The maximum absolute atomic E-state index is 10.8. The molecular formula is C7H11NO2. The molecule has 0 saturated heterocycles. The zero-order valence-corrected chi connectivity index (χ0v) is 5.97. The minimum Gasteiger partial charge on any atom is -0.464 e. The van der Waals surface area contributed by atoms with Crippen LogP contribution in [0.1, 0.15) is 17.6 Å². The maximum Gasteiger partial charge on any atom is 0.354 e. The second kappa shape index (κ2) is 2.56. The van der Waals surface area contributed by atoms with Crippen molar-refractivity contribution in [2.24, 2.45) is 0 Å². The molecule has 0 spiro atoms. The Morgan fingerprint density at radius 3 is 2.80 bits per heavy atom. The summed E-state index contributed by atoms with van der Waals surface area (Å²) in [5, 5.41) is 0. The molecule has 10 heavy (non-hydrogen) atoms. The molecule has 1 heterocycles. The zero-order valence-electron chi connectivity index (χ0n) is 5.97. The lowest BCUT2D eigenvalue weighted by Gasteiger charge is -1.92. The van der Waals surface area contributed by atoms with Crippen molar-refractivity contribution in [1.29, 1.82) is 0 Å². The normalized spacial score (nSPS) is 9.40. The highest BCUT2D eigenvalue weighted by Crippen LogP contribution is 2.00. The van der Waals surface area contributed by atoms with Crippen molar-refractivity contribution in [1.82, 2.24) is 4.98 Å². The Bertz CT molecular complexity index is 244. The second-order valence-electron chi connectivity index (χ2n) is 2.05. The summed E-state index contributed by atoms with van der Waals surface area (Å²) in [6.45, 7) is 1.88. The Labute approximate surface area is 60.5 Å². The Morgan fingerprint density at radius 2 is 2.40 bits per heavy atom. The number of hydrogen-bond donors (Lipinski definition) is 1. The van der Waals surface area contributed by atoms with Crippen molar-refractivity contribution in [3.63, 3.8) is 0 Å². The average molecular weight is 141 g/mol. The average Bonchev–Trinajstić information content (AvgIpc) is 2.34. The fourth-order valence-corrected chi connectivity index (χ4v) is 0.733. The van der Waals surface area contributed by atoms with E-state index < -0.39 is 0 Å². The summed E-state index contributed by atoms with van der Waals surface area (Å²) in [6.07, 6.45) is 0. The monoisotopic (exact) mass is 141 g/mol. The standard InChI is InChI=1S/C7H9NO2.H2/c1-5-3-4-6(8-5)7(9)10-2;/h3-4,8H,1-2H3;1H. The van der Waals surface area contributed by atoms with Crippen LogP contribution in [0.4, 0.5) is 0 Å². The summed E-state index contributed by atoms with van der Waals surface area (Å²) < 4.78 is 4.48. The van der Waals surface area contributed by atoms with Crippen LogP contribution < -0.4 is 0 Å². The molecule has 1 N–H and O–H groups in total. The summed E-state index contributed by atoms with van der Waals surface area (Å²) in [7, 11) is 1.36. The lowest BCUT2D eigenvalue weighted by atomic mass is 10.4. The molecule has 1 aromatic rings. The van der Waals surface area contributed by atoms with Crippen LogP contribution in [0.3, 0.4) is 0 Å². The molecule has 0 amide bonds. The molecule has 3 nitrogen and oxygen atoms in total. The molecule has 0 aliphatic rings. The number of aromatic nitrogens is 1. The van der Waals surface area contributed by atoms with E-state index in [-0.39, 0.29) is 7.40 Å². The Balaban J connectivity index is 0.000001000. The topological polar surface area (TPSA) is 42.1 Å². The summed E-state index contributed by atoms with van der Waals surface area (Å²) in [4.78, 5) is 13.6. The van der Waals surface area contributed by atoms with E-state index in [4.69, 9.17) is 0 Å². The van der Waals surface area contributed by atoms with Crippen molar-refractivity contribution in [3.8, 4) is 0 Å². The number of carbonyl (C=O) groups excluding carboxylic acids is 1. The molecule has 1 rings (SSSR count). The van der Waals surface area contributed by atoms with Crippen molar-refractivity contribution in [3.05, 3.63) is 23.5 Å². The number of H-pyrrole nitrogens is 1. The van der Waals surface area contributed by atoms with Gasteiger partial charge in [0, 0.05) is 7.12 Å². The van der Waals surface area contributed by atoms with Gasteiger partial charge in [-0.3, -0.25) is 0 Å². The van der Waals surface area contributed by atoms with E-state index in [2.05, 4.69) is 9.72 Å². The third-order valence-electron chi connectivity index (χ3n) is 1.24. The van der Waals surface area contributed by atoms with Crippen LogP contribution in [0.15, 0.2) is 12.1 Å². The van der Waals surface area contributed by atoms with Gasteiger partial charge in [0.25, 0.3) is 0 Å². The number of esters is 1. The number of aryl methyl sites for hydroxylation is 1. The molecule has 0 bridgehead atoms. The Hall–Kier alpha value is -1.25. The summed E-state index contributed by atoms with van der Waals surface area (Å²) >= 11 is 0. The molecule has 0 fully saturated rings. The van der Waals surface area contributed by atoms with Gasteiger partial charge in [0.05, 0.1) is 7.11 Å². The van der Waals surface area contributed by atoms with E-state index in [1.807, 2.05) is 13.0 Å². The minimum absolute atomic E-state index is 0. The number of hydrogen-bond acceptors (Lipinski definition) is 2. The van der Waals surface area contributed by atoms with Gasteiger partial charge in [-0.05, 0) is 19.1 Å². The molecule has 0 aromatic carbocycles. The first-order chi connectivity index (χ1) is 4.74. The number of aromatic amines is 1. The summed E-state index contributed by atoms with van der Waals surface area (Å²) in [5.74, 6) is -0.326. The number of methoxy groups -OCH3 is 1. The smallest absolute Gasteiger partial charge is 0.354 e. The SMILES string of the molecule is COC(=O)c1ccc(C)[nH]1.[HH]. The largest absolute Gasteiger partial charge is 0.464 e. The molecule has 0 radical (unpaired) electrons. The molecule has 1 aromatic heterocycles. The molecule has 56 valence electrons. The highest BCUT2D eigenvalue weighted by molar-refractivity contribution is 5.87. The maximum atomic E-state index is 10.8. The molecular weight excluding hydrogens is 130 g/mol. The molecule has 0 atom stereocenters. The lowest BCUT2D eigenvalue weighted by Crippen LogP contribution is -2.00. The van der Waals surface area contributed by atoms with Gasteiger partial charge < -0.3 is 9.72 Å². The van der Waals surface area contributed by atoms with Gasteiger partial charge in [-0.2, -0.15) is 0 Å². The summed E-state index contributed by atoms with van der Waals surface area (Å²) in [5.41, 5.74) is 1.46. The van der Waals surface area contributed by atoms with Gasteiger partial charge >= 0.3 is 5.97 Å². The fourth-order valence-electron chi connectivity index (χ4n) is 0.733. The number of nitrogens with one attached hydrogen (secondary N) is 1. The molecule has 0 aliphatic carbocycles. The van der Waals surface area contributed by atoms with E-state index >= 15 is 0 Å². The van der Waals surface area contributed by atoms with E-state index in [0.29, 0.717) is 5.69 Å².